The number of nitrogens with one attached hydrogen (secondary N) is 2. The van der Waals surface area contributed by atoms with Gasteiger partial charge in [0.15, 0.2) is 0 Å². The highest BCUT2D eigenvalue weighted by molar-refractivity contribution is 5.85. The molecule has 10 heteroatoms. The van der Waals surface area contributed by atoms with Gasteiger partial charge in [0.1, 0.15) is 0 Å². The second-order valence-electron chi connectivity index (χ2n) is 6.72. The molecule has 5 nitrogen and oxygen atoms in total. The number of hydrogen-bond donors (Lipinski definition) is 2. The molecule has 0 aromatic heterocycles. The van der Waals surface area contributed by atoms with E-state index in [9.17, 15) is 18.0 Å². The number of amides is 1. The Balaban J connectivity index is 0.00000196. The minimum atomic E-state index is -4.35. The number of carbonyl (C=O) groups is 1. The molecule has 2 fully saturated rings. The van der Waals surface area contributed by atoms with Gasteiger partial charge in [-0.3, -0.25) is 9.69 Å². The molecule has 2 unspecified atom stereocenters. The van der Waals surface area contributed by atoms with Crippen molar-refractivity contribution in [2.45, 2.75) is 18.6 Å². The van der Waals surface area contributed by atoms with Crippen LogP contribution < -0.4 is 10.6 Å². The number of carbonyl (C=O) groups excluding carboxylic acids is 1. The summed E-state index contributed by atoms with van der Waals surface area (Å²) in [7, 11) is 0. The molecule has 1 aromatic rings. The van der Waals surface area contributed by atoms with Crippen molar-refractivity contribution in [3.8, 4) is 0 Å². The summed E-state index contributed by atoms with van der Waals surface area (Å²) < 4.78 is 43.8. The van der Waals surface area contributed by atoms with Crippen LogP contribution >= 0.6 is 24.8 Å². The Morgan fingerprint density at radius 3 is 2.39 bits per heavy atom. The number of rotatable bonds is 5. The summed E-state index contributed by atoms with van der Waals surface area (Å²) in [5.74, 6) is -0.0342. The van der Waals surface area contributed by atoms with Crippen LogP contribution in [0.5, 0.6) is 0 Å². The third kappa shape index (κ3) is 6.49. The molecule has 160 valence electrons. The minimum Gasteiger partial charge on any atom is -0.379 e. The van der Waals surface area contributed by atoms with Crippen LogP contribution in [0.1, 0.15) is 23.6 Å². The van der Waals surface area contributed by atoms with E-state index in [1.807, 2.05) is 0 Å². The molecule has 0 spiro atoms. The predicted octanol–water partition coefficient (Wildman–Crippen LogP) is 2.65. The lowest BCUT2D eigenvalue weighted by molar-refractivity contribution is -0.137. The van der Waals surface area contributed by atoms with Crippen LogP contribution in [0.2, 0.25) is 0 Å². The number of benzene rings is 1. The molecule has 28 heavy (non-hydrogen) atoms. The van der Waals surface area contributed by atoms with Gasteiger partial charge >= 0.3 is 6.18 Å². The molecule has 0 saturated carbocycles. The van der Waals surface area contributed by atoms with Gasteiger partial charge in [0.25, 0.3) is 0 Å². The van der Waals surface area contributed by atoms with Gasteiger partial charge in [0.05, 0.1) is 30.7 Å². The van der Waals surface area contributed by atoms with E-state index in [1.165, 1.54) is 12.1 Å². The molecule has 1 aromatic carbocycles. The summed E-state index contributed by atoms with van der Waals surface area (Å²) in [6.07, 6.45) is -3.54. The molecule has 3 rings (SSSR count). The normalized spacial score (nSPS) is 21.3. The van der Waals surface area contributed by atoms with Crippen molar-refractivity contribution < 1.29 is 22.7 Å². The number of hydrogen-bond acceptors (Lipinski definition) is 4. The largest absolute Gasteiger partial charge is 0.416 e. The molecule has 2 heterocycles. The Labute approximate surface area is 175 Å². The first-order chi connectivity index (χ1) is 12.4. The number of morpholine rings is 1. The van der Waals surface area contributed by atoms with Crippen LogP contribution in [-0.2, 0) is 15.7 Å². The first-order valence-electron chi connectivity index (χ1n) is 8.92. The van der Waals surface area contributed by atoms with E-state index in [2.05, 4.69) is 15.5 Å². The Morgan fingerprint density at radius 2 is 1.86 bits per heavy atom. The molecule has 2 aliphatic rings. The summed E-state index contributed by atoms with van der Waals surface area (Å²) in [6, 6.07) is 5.05. The zero-order chi connectivity index (χ0) is 18.6. The Hall–Kier alpha value is -1.06. The number of halogens is 5. The van der Waals surface area contributed by atoms with Gasteiger partial charge in [0.2, 0.25) is 5.91 Å². The second-order valence-corrected chi connectivity index (χ2v) is 6.72. The van der Waals surface area contributed by atoms with E-state index in [0.717, 1.165) is 30.7 Å². The zero-order valence-electron chi connectivity index (χ0n) is 15.3. The molecule has 2 saturated heterocycles. The predicted molar refractivity (Wildman–Crippen MR) is 105 cm³/mol. The average molecular weight is 444 g/mol. The zero-order valence-corrected chi connectivity index (χ0v) is 17.0. The standard InChI is InChI=1S/C18H24F3N3O2.2ClH/c19-18(20,21)15-3-1-13(2-4-15)16(24-7-9-26-10-8-24)12-23-17(25)14-5-6-22-11-14;;/h1-4,14,16,22H,5-12H2,(H,23,25);2*1H. The summed E-state index contributed by atoms with van der Waals surface area (Å²) in [5, 5.41) is 6.14. The van der Waals surface area contributed by atoms with Gasteiger partial charge in [-0.15, -0.1) is 24.8 Å². The van der Waals surface area contributed by atoms with E-state index < -0.39 is 11.7 Å². The Kier molecular flexibility index (Phi) is 10.00. The summed E-state index contributed by atoms with van der Waals surface area (Å²) >= 11 is 0. The lowest BCUT2D eigenvalue weighted by Gasteiger charge is -2.35. The van der Waals surface area contributed by atoms with Gasteiger partial charge in [-0.25, -0.2) is 0 Å². The van der Waals surface area contributed by atoms with E-state index in [-0.39, 0.29) is 42.7 Å². The van der Waals surface area contributed by atoms with E-state index in [1.54, 1.807) is 0 Å². The smallest absolute Gasteiger partial charge is 0.379 e. The third-order valence-electron chi connectivity index (χ3n) is 5.01. The molecule has 0 bridgehead atoms. The quantitative estimate of drug-likeness (QED) is 0.734. The highest BCUT2D eigenvalue weighted by atomic mass is 35.5. The Morgan fingerprint density at radius 1 is 1.21 bits per heavy atom. The van der Waals surface area contributed by atoms with E-state index in [4.69, 9.17) is 4.74 Å². The van der Waals surface area contributed by atoms with Gasteiger partial charge in [-0.05, 0) is 30.7 Å². The van der Waals surface area contributed by atoms with Gasteiger partial charge in [-0.1, -0.05) is 12.1 Å². The van der Waals surface area contributed by atoms with E-state index in [0.29, 0.717) is 39.4 Å². The molecule has 1 amide bonds. The maximum Gasteiger partial charge on any atom is 0.416 e. The van der Waals surface area contributed by atoms with Crippen molar-refractivity contribution in [3.05, 3.63) is 35.4 Å². The SMILES string of the molecule is Cl.Cl.O=C(NCC(c1ccc(C(F)(F)F)cc1)N1CCOCC1)C1CCNC1. The highest BCUT2D eigenvalue weighted by Gasteiger charge is 2.31. The van der Waals surface area contributed by atoms with Crippen molar-refractivity contribution in [2.75, 3.05) is 45.9 Å². The van der Waals surface area contributed by atoms with Crippen LogP contribution in [0, 0.1) is 5.92 Å². The van der Waals surface area contributed by atoms with Gasteiger partial charge in [-0.2, -0.15) is 13.2 Å². The molecule has 2 aliphatic heterocycles. The number of nitrogens with zero attached hydrogens (tertiary/aromatic N) is 1. The van der Waals surface area contributed by atoms with Crippen molar-refractivity contribution in [1.82, 2.24) is 15.5 Å². The van der Waals surface area contributed by atoms with Crippen LogP contribution in [0.3, 0.4) is 0 Å². The molecule has 0 radical (unpaired) electrons. The topological polar surface area (TPSA) is 53.6 Å². The second kappa shape index (κ2) is 11.2. The van der Waals surface area contributed by atoms with Crippen molar-refractivity contribution in [1.29, 1.82) is 0 Å². The molecular weight excluding hydrogens is 418 g/mol. The fourth-order valence-corrected chi connectivity index (χ4v) is 3.46. The summed E-state index contributed by atoms with van der Waals surface area (Å²) in [6.45, 7) is 4.42. The fourth-order valence-electron chi connectivity index (χ4n) is 3.46. The summed E-state index contributed by atoms with van der Waals surface area (Å²) in [5.41, 5.74) is 0.104. The van der Waals surface area contributed by atoms with Crippen molar-refractivity contribution >= 4 is 30.7 Å². The van der Waals surface area contributed by atoms with Crippen LogP contribution in [0.4, 0.5) is 13.2 Å². The Bertz CT molecular complexity index is 605. The van der Waals surface area contributed by atoms with Crippen LogP contribution in [0.15, 0.2) is 24.3 Å². The maximum absolute atomic E-state index is 12.8. The van der Waals surface area contributed by atoms with Gasteiger partial charge in [0, 0.05) is 26.2 Å². The number of ether oxygens (including phenoxy) is 1. The van der Waals surface area contributed by atoms with E-state index >= 15 is 0 Å². The lowest BCUT2D eigenvalue weighted by atomic mass is 10.0. The third-order valence-corrected chi connectivity index (χ3v) is 5.01. The first-order valence-corrected chi connectivity index (χ1v) is 8.92. The molecule has 2 atom stereocenters. The lowest BCUT2D eigenvalue weighted by Crippen LogP contribution is -2.45. The molecule has 2 N–H and O–H groups in total. The van der Waals surface area contributed by atoms with Crippen LogP contribution in [0.25, 0.3) is 0 Å². The average Bonchev–Trinajstić information content (AvgIpc) is 3.17. The minimum absolute atomic E-state index is 0. The number of alkyl halides is 3. The summed E-state index contributed by atoms with van der Waals surface area (Å²) in [4.78, 5) is 14.5. The molecule has 0 aliphatic carbocycles. The van der Waals surface area contributed by atoms with Crippen LogP contribution in [-0.4, -0.2) is 56.7 Å². The van der Waals surface area contributed by atoms with Gasteiger partial charge < -0.3 is 15.4 Å². The molecular formula is C18H26Cl2F3N3O2. The van der Waals surface area contributed by atoms with Crippen molar-refractivity contribution in [3.63, 3.8) is 0 Å². The highest BCUT2D eigenvalue weighted by Crippen LogP contribution is 2.31. The monoisotopic (exact) mass is 443 g/mol. The fraction of sp³-hybridized carbons (Fsp3) is 0.611. The maximum atomic E-state index is 12.8. The van der Waals surface area contributed by atoms with Crippen molar-refractivity contribution in [2.24, 2.45) is 5.92 Å². The first kappa shape index (κ1) is 25.0.